The van der Waals surface area contributed by atoms with E-state index >= 15 is 0 Å². The molecule has 0 aliphatic rings. The van der Waals surface area contributed by atoms with Gasteiger partial charge in [0, 0.05) is 31.3 Å². The Bertz CT molecular complexity index is 1160. The molecule has 0 saturated carbocycles. The number of anilines is 1. The number of hydrogen-bond acceptors (Lipinski definition) is 3. The predicted octanol–water partition coefficient (Wildman–Crippen LogP) is 5.17. The van der Waals surface area contributed by atoms with Crippen LogP contribution in [0, 0.1) is 0 Å². The summed E-state index contributed by atoms with van der Waals surface area (Å²) in [6, 6.07) is 30.7. The van der Waals surface area contributed by atoms with Crippen LogP contribution in [0.2, 0.25) is 0 Å². The zero-order chi connectivity index (χ0) is 22.9. The van der Waals surface area contributed by atoms with Crippen LogP contribution in [0.1, 0.15) is 39.4 Å². The Morgan fingerprint density at radius 2 is 1.39 bits per heavy atom. The quantitative estimate of drug-likeness (QED) is 0.401. The highest BCUT2D eigenvalue weighted by Gasteiger charge is 2.20. The third-order valence-corrected chi connectivity index (χ3v) is 5.42. The largest absolute Gasteiger partial charge is 0.348 e. The topological polar surface area (TPSA) is 71.1 Å². The highest BCUT2D eigenvalue weighted by Crippen LogP contribution is 2.28. The summed E-state index contributed by atoms with van der Waals surface area (Å²) in [5.74, 6) is -0.489. The van der Waals surface area contributed by atoms with Crippen molar-refractivity contribution >= 4 is 17.5 Å². The Kier molecular flexibility index (Phi) is 7.23. The Balaban J connectivity index is 1.48. The highest BCUT2D eigenvalue weighted by molar-refractivity contribution is 6.03. The Labute approximate surface area is 193 Å². The minimum atomic E-state index is -0.252. The van der Waals surface area contributed by atoms with Gasteiger partial charge in [-0.25, -0.2) is 0 Å². The van der Waals surface area contributed by atoms with Gasteiger partial charge in [0.2, 0.25) is 5.91 Å². The molecule has 4 aromatic rings. The molecular formula is C28H25N3O2. The van der Waals surface area contributed by atoms with E-state index in [9.17, 15) is 9.59 Å². The third kappa shape index (κ3) is 5.92. The zero-order valence-corrected chi connectivity index (χ0v) is 18.1. The van der Waals surface area contributed by atoms with Gasteiger partial charge >= 0.3 is 0 Å². The second-order valence-electron chi connectivity index (χ2n) is 7.72. The monoisotopic (exact) mass is 435 g/mol. The smallest absolute Gasteiger partial charge is 0.253 e. The van der Waals surface area contributed by atoms with Crippen LogP contribution >= 0.6 is 0 Å². The Hall–Kier alpha value is -4.25. The lowest BCUT2D eigenvalue weighted by atomic mass is 9.88. The van der Waals surface area contributed by atoms with Crippen molar-refractivity contribution < 1.29 is 9.59 Å². The van der Waals surface area contributed by atoms with Crippen LogP contribution in [0.3, 0.4) is 0 Å². The molecule has 0 bridgehead atoms. The Morgan fingerprint density at radius 3 is 2.03 bits per heavy atom. The molecule has 0 aliphatic heterocycles. The normalized spacial score (nSPS) is 10.6. The van der Waals surface area contributed by atoms with E-state index in [2.05, 4.69) is 15.6 Å². The molecule has 4 rings (SSSR count). The lowest BCUT2D eigenvalue weighted by Crippen LogP contribution is -2.25. The second-order valence-corrected chi connectivity index (χ2v) is 7.72. The summed E-state index contributed by atoms with van der Waals surface area (Å²) in [7, 11) is 0. The van der Waals surface area contributed by atoms with Crippen molar-refractivity contribution in [2.24, 2.45) is 0 Å². The van der Waals surface area contributed by atoms with Crippen molar-refractivity contribution in [3.63, 3.8) is 0 Å². The van der Waals surface area contributed by atoms with E-state index in [1.807, 2.05) is 72.8 Å². The van der Waals surface area contributed by atoms with Crippen molar-refractivity contribution in [2.45, 2.75) is 18.9 Å². The molecule has 1 aromatic heterocycles. The van der Waals surface area contributed by atoms with E-state index < -0.39 is 0 Å². The first-order chi connectivity index (χ1) is 16.2. The van der Waals surface area contributed by atoms with Crippen LogP contribution in [0.4, 0.5) is 5.69 Å². The lowest BCUT2D eigenvalue weighted by Gasteiger charge is -2.18. The van der Waals surface area contributed by atoms with E-state index in [0.29, 0.717) is 17.8 Å². The van der Waals surface area contributed by atoms with Gasteiger partial charge < -0.3 is 10.6 Å². The first kappa shape index (κ1) is 22.0. The van der Waals surface area contributed by atoms with E-state index in [1.165, 1.54) is 0 Å². The summed E-state index contributed by atoms with van der Waals surface area (Å²) in [6.07, 6.45) is 3.66. The molecule has 164 valence electrons. The van der Waals surface area contributed by atoms with Gasteiger partial charge in [-0.2, -0.15) is 0 Å². The predicted molar refractivity (Wildman–Crippen MR) is 130 cm³/mol. The summed E-state index contributed by atoms with van der Waals surface area (Å²) in [5, 5.41) is 5.84. The SMILES string of the molecule is O=C(CC(c1ccccc1)c1ccccc1)Nc1ccccc1C(=O)NCc1cccnc1. The maximum absolute atomic E-state index is 13.1. The van der Waals surface area contributed by atoms with Gasteiger partial charge in [-0.15, -0.1) is 0 Å². The highest BCUT2D eigenvalue weighted by atomic mass is 16.2. The molecule has 0 radical (unpaired) electrons. The summed E-state index contributed by atoms with van der Waals surface area (Å²) < 4.78 is 0. The van der Waals surface area contributed by atoms with Crippen LogP contribution in [-0.4, -0.2) is 16.8 Å². The fourth-order valence-electron chi connectivity index (χ4n) is 3.76. The number of aromatic nitrogens is 1. The van der Waals surface area contributed by atoms with Crippen LogP contribution in [-0.2, 0) is 11.3 Å². The van der Waals surface area contributed by atoms with Gasteiger partial charge in [0.05, 0.1) is 11.3 Å². The fourth-order valence-corrected chi connectivity index (χ4v) is 3.76. The minimum absolute atomic E-state index is 0.0843. The van der Waals surface area contributed by atoms with Crippen molar-refractivity contribution in [1.82, 2.24) is 10.3 Å². The molecule has 5 heteroatoms. The first-order valence-electron chi connectivity index (χ1n) is 10.9. The lowest BCUT2D eigenvalue weighted by molar-refractivity contribution is -0.116. The van der Waals surface area contributed by atoms with Crippen molar-refractivity contribution in [2.75, 3.05) is 5.32 Å². The van der Waals surface area contributed by atoms with E-state index in [-0.39, 0.29) is 24.2 Å². The molecule has 1 heterocycles. The number of hydrogen-bond donors (Lipinski definition) is 2. The van der Waals surface area contributed by atoms with Crippen LogP contribution in [0.25, 0.3) is 0 Å². The summed E-state index contributed by atoms with van der Waals surface area (Å²) in [5.41, 5.74) is 3.96. The molecule has 33 heavy (non-hydrogen) atoms. The van der Waals surface area contributed by atoms with Gasteiger partial charge in [0.25, 0.3) is 5.91 Å². The second kappa shape index (κ2) is 10.9. The van der Waals surface area contributed by atoms with E-state index in [1.54, 1.807) is 36.7 Å². The Morgan fingerprint density at radius 1 is 0.758 bits per heavy atom. The van der Waals surface area contributed by atoms with Crippen LogP contribution in [0.15, 0.2) is 109 Å². The number of carbonyl (C=O) groups excluding carboxylic acids is 2. The number of nitrogens with one attached hydrogen (secondary N) is 2. The van der Waals surface area contributed by atoms with Gasteiger partial charge in [-0.3, -0.25) is 14.6 Å². The number of nitrogens with zero attached hydrogens (tertiary/aromatic N) is 1. The summed E-state index contributed by atoms with van der Waals surface area (Å²) in [6.45, 7) is 0.360. The van der Waals surface area contributed by atoms with E-state index in [4.69, 9.17) is 0 Å². The first-order valence-corrected chi connectivity index (χ1v) is 10.9. The van der Waals surface area contributed by atoms with Gasteiger partial charge in [0.1, 0.15) is 0 Å². The maximum atomic E-state index is 13.1. The van der Waals surface area contributed by atoms with Crippen LogP contribution in [0.5, 0.6) is 0 Å². The number of pyridine rings is 1. The molecule has 0 saturated heterocycles. The molecule has 2 amide bonds. The molecule has 3 aromatic carbocycles. The van der Waals surface area contributed by atoms with Gasteiger partial charge in [0.15, 0.2) is 0 Å². The average molecular weight is 436 g/mol. The molecule has 0 atom stereocenters. The van der Waals surface area contributed by atoms with Crippen molar-refractivity contribution in [3.05, 3.63) is 132 Å². The standard InChI is InChI=1S/C28H25N3O2/c32-27(18-25(22-11-3-1-4-12-22)23-13-5-2-6-14-23)31-26-16-8-7-15-24(26)28(33)30-20-21-10-9-17-29-19-21/h1-17,19,25H,18,20H2,(H,30,33)(H,31,32). The molecule has 0 aliphatic carbocycles. The molecule has 2 N–H and O–H groups in total. The van der Waals surface area contributed by atoms with E-state index in [0.717, 1.165) is 16.7 Å². The fraction of sp³-hybridized carbons (Fsp3) is 0.107. The number of benzene rings is 3. The minimum Gasteiger partial charge on any atom is -0.348 e. The summed E-state index contributed by atoms with van der Waals surface area (Å²) in [4.78, 5) is 29.9. The summed E-state index contributed by atoms with van der Waals surface area (Å²) >= 11 is 0. The molecule has 0 spiro atoms. The molecule has 0 fully saturated rings. The average Bonchev–Trinajstić information content (AvgIpc) is 2.88. The number of rotatable bonds is 8. The number of carbonyl (C=O) groups is 2. The van der Waals surface area contributed by atoms with Gasteiger partial charge in [-0.1, -0.05) is 78.9 Å². The van der Waals surface area contributed by atoms with Crippen molar-refractivity contribution in [3.8, 4) is 0 Å². The third-order valence-electron chi connectivity index (χ3n) is 5.42. The number of para-hydroxylation sites is 1. The molecule has 5 nitrogen and oxygen atoms in total. The molecular weight excluding hydrogens is 410 g/mol. The number of amides is 2. The maximum Gasteiger partial charge on any atom is 0.253 e. The zero-order valence-electron chi connectivity index (χ0n) is 18.1. The molecule has 0 unspecified atom stereocenters. The van der Waals surface area contributed by atoms with Crippen molar-refractivity contribution in [1.29, 1.82) is 0 Å². The van der Waals surface area contributed by atoms with Crippen LogP contribution < -0.4 is 10.6 Å². The van der Waals surface area contributed by atoms with Gasteiger partial charge in [-0.05, 0) is 34.9 Å².